The summed E-state index contributed by atoms with van der Waals surface area (Å²) < 4.78 is 5.29. The number of thiophene rings is 1. The molecule has 0 radical (unpaired) electrons. The van der Waals surface area contributed by atoms with Gasteiger partial charge in [-0.15, -0.1) is 11.3 Å². The maximum absolute atomic E-state index is 13.4. The highest BCUT2D eigenvalue weighted by molar-refractivity contribution is 7.18. The van der Waals surface area contributed by atoms with Crippen LogP contribution >= 0.6 is 11.3 Å². The minimum absolute atomic E-state index is 0.256. The van der Waals surface area contributed by atoms with Crippen LogP contribution in [0.4, 0.5) is 5.00 Å². The molecule has 7 heteroatoms. The van der Waals surface area contributed by atoms with Crippen molar-refractivity contribution >= 4 is 39.1 Å². The second-order valence-corrected chi connectivity index (χ2v) is 9.24. The summed E-state index contributed by atoms with van der Waals surface area (Å²) in [5.74, 6) is -0.890. The fraction of sp³-hybridized carbons (Fsp3) is 0.185. The largest absolute Gasteiger partial charge is 0.459 e. The molecular formula is C27H23N3O3S. The van der Waals surface area contributed by atoms with Crippen LogP contribution in [0.2, 0.25) is 0 Å². The summed E-state index contributed by atoms with van der Waals surface area (Å²) in [4.78, 5) is 31.0. The third-order valence-electron chi connectivity index (χ3n) is 5.32. The molecule has 0 spiro atoms. The van der Waals surface area contributed by atoms with Gasteiger partial charge < -0.3 is 10.1 Å². The molecule has 170 valence electrons. The summed E-state index contributed by atoms with van der Waals surface area (Å²) in [6.45, 7) is 7.21. The number of benzene rings is 2. The van der Waals surface area contributed by atoms with E-state index in [1.54, 1.807) is 26.8 Å². The van der Waals surface area contributed by atoms with E-state index in [0.717, 1.165) is 22.5 Å². The van der Waals surface area contributed by atoms with Crippen molar-refractivity contribution in [2.24, 2.45) is 0 Å². The summed E-state index contributed by atoms with van der Waals surface area (Å²) in [6.07, 6.45) is -0.291. The van der Waals surface area contributed by atoms with Crippen molar-refractivity contribution < 1.29 is 14.3 Å². The maximum Gasteiger partial charge on any atom is 0.348 e. The monoisotopic (exact) mass is 469 g/mol. The zero-order valence-electron chi connectivity index (χ0n) is 19.3. The Bertz CT molecular complexity index is 1450. The van der Waals surface area contributed by atoms with Gasteiger partial charge in [0.2, 0.25) is 0 Å². The van der Waals surface area contributed by atoms with Crippen LogP contribution in [0, 0.1) is 25.2 Å². The molecule has 0 atom stereocenters. The molecule has 34 heavy (non-hydrogen) atoms. The van der Waals surface area contributed by atoms with Crippen molar-refractivity contribution in [3.05, 3.63) is 81.7 Å². The van der Waals surface area contributed by atoms with Gasteiger partial charge in [-0.2, -0.15) is 5.26 Å². The molecule has 0 bridgehead atoms. The van der Waals surface area contributed by atoms with Crippen molar-refractivity contribution in [2.45, 2.75) is 33.8 Å². The van der Waals surface area contributed by atoms with Gasteiger partial charge >= 0.3 is 5.97 Å². The number of hydrogen-bond acceptors (Lipinski definition) is 6. The number of nitrogens with one attached hydrogen (secondary N) is 1. The van der Waals surface area contributed by atoms with Crippen LogP contribution in [-0.2, 0) is 4.74 Å². The third-order valence-corrected chi connectivity index (χ3v) is 6.51. The van der Waals surface area contributed by atoms with Gasteiger partial charge in [0.05, 0.1) is 28.4 Å². The number of aryl methyl sites for hydroxylation is 1. The van der Waals surface area contributed by atoms with Gasteiger partial charge in [-0.25, -0.2) is 9.78 Å². The zero-order chi connectivity index (χ0) is 24.4. The highest BCUT2D eigenvalue weighted by Gasteiger charge is 2.24. The lowest BCUT2D eigenvalue weighted by Crippen LogP contribution is -2.13. The second kappa shape index (κ2) is 9.46. The van der Waals surface area contributed by atoms with Crippen LogP contribution < -0.4 is 5.32 Å². The average Bonchev–Trinajstić information content (AvgIpc) is 3.13. The first-order valence-electron chi connectivity index (χ1n) is 10.8. The van der Waals surface area contributed by atoms with E-state index in [2.05, 4.69) is 11.4 Å². The van der Waals surface area contributed by atoms with Crippen LogP contribution in [-0.4, -0.2) is 23.0 Å². The number of nitrogens with zero attached hydrogens (tertiary/aromatic N) is 2. The Morgan fingerprint density at radius 2 is 1.79 bits per heavy atom. The Morgan fingerprint density at radius 3 is 2.47 bits per heavy atom. The molecule has 0 aliphatic carbocycles. The van der Waals surface area contributed by atoms with Crippen molar-refractivity contribution in [3.63, 3.8) is 0 Å². The zero-order valence-corrected chi connectivity index (χ0v) is 20.1. The average molecular weight is 470 g/mol. The summed E-state index contributed by atoms with van der Waals surface area (Å²) in [7, 11) is 0. The van der Waals surface area contributed by atoms with Crippen molar-refractivity contribution in [3.8, 4) is 17.3 Å². The minimum Gasteiger partial charge on any atom is -0.459 e. The molecule has 0 aliphatic rings. The summed E-state index contributed by atoms with van der Waals surface area (Å²) in [5.41, 5.74) is 4.57. The topological polar surface area (TPSA) is 92.1 Å². The van der Waals surface area contributed by atoms with E-state index < -0.39 is 5.97 Å². The molecular weight excluding hydrogens is 446 g/mol. The van der Waals surface area contributed by atoms with Crippen LogP contribution in [0.3, 0.4) is 0 Å². The van der Waals surface area contributed by atoms with E-state index in [-0.39, 0.29) is 17.6 Å². The smallest absolute Gasteiger partial charge is 0.348 e. The van der Waals surface area contributed by atoms with E-state index >= 15 is 0 Å². The first-order valence-corrected chi connectivity index (χ1v) is 11.6. The number of aromatic nitrogens is 1. The molecule has 0 unspecified atom stereocenters. The Labute approximate surface area is 201 Å². The Balaban J connectivity index is 1.76. The number of fused-ring (bicyclic) bond motifs is 1. The van der Waals surface area contributed by atoms with E-state index in [1.807, 2.05) is 55.5 Å². The van der Waals surface area contributed by atoms with Crippen molar-refractivity contribution in [1.82, 2.24) is 4.98 Å². The van der Waals surface area contributed by atoms with E-state index in [4.69, 9.17) is 9.72 Å². The number of hydrogen-bond donors (Lipinski definition) is 1. The lowest BCUT2D eigenvalue weighted by molar-refractivity contribution is 0.0383. The number of amides is 1. The Morgan fingerprint density at radius 1 is 1.09 bits per heavy atom. The fourth-order valence-corrected chi connectivity index (χ4v) is 4.64. The Kier molecular flexibility index (Phi) is 6.44. The number of carbonyl (C=O) groups excluding carboxylic acids is 2. The van der Waals surface area contributed by atoms with Crippen LogP contribution in [0.15, 0.2) is 54.6 Å². The van der Waals surface area contributed by atoms with Crippen molar-refractivity contribution in [1.29, 1.82) is 5.26 Å². The molecule has 2 heterocycles. The molecule has 0 saturated heterocycles. The normalized spacial score (nSPS) is 10.8. The molecule has 4 rings (SSSR count). The minimum atomic E-state index is -0.509. The number of anilines is 1. The number of esters is 1. The second-order valence-electron chi connectivity index (χ2n) is 8.22. The SMILES string of the molecule is Cc1ccc(-c2cc(C(=O)Nc3sc(C(=O)OC(C)C)c(C)c3C#N)c3ccccc3n2)cc1. The lowest BCUT2D eigenvalue weighted by atomic mass is 10.0. The molecule has 1 N–H and O–H groups in total. The third kappa shape index (κ3) is 4.54. The maximum atomic E-state index is 13.4. The van der Waals surface area contributed by atoms with Gasteiger partial charge in [-0.05, 0) is 45.4 Å². The van der Waals surface area contributed by atoms with Crippen LogP contribution in [0.5, 0.6) is 0 Å². The van der Waals surface area contributed by atoms with E-state index in [1.165, 1.54) is 0 Å². The number of ether oxygens (including phenoxy) is 1. The highest BCUT2D eigenvalue weighted by atomic mass is 32.1. The lowest BCUT2D eigenvalue weighted by Gasteiger charge is -2.10. The quantitative estimate of drug-likeness (QED) is 0.348. The Hall–Kier alpha value is -4.02. The van der Waals surface area contributed by atoms with Crippen LogP contribution in [0.25, 0.3) is 22.2 Å². The molecule has 0 saturated carbocycles. The van der Waals surface area contributed by atoms with Gasteiger partial charge in [0.15, 0.2) is 0 Å². The van der Waals surface area contributed by atoms with Gasteiger partial charge in [-0.1, -0.05) is 48.0 Å². The van der Waals surface area contributed by atoms with Crippen molar-refractivity contribution in [2.75, 3.05) is 5.32 Å². The first kappa shape index (κ1) is 23.1. The standard InChI is InChI=1S/C27H23N3O3S/c1-15(2)33-27(32)24-17(4)21(14-28)26(34-24)30-25(31)20-13-23(18-11-9-16(3)10-12-18)29-22-8-6-5-7-19(20)22/h5-13,15H,1-4H3,(H,30,31). The van der Waals surface area contributed by atoms with Crippen LogP contribution in [0.1, 0.15) is 50.6 Å². The van der Waals surface area contributed by atoms with Gasteiger partial charge in [0.25, 0.3) is 5.91 Å². The molecule has 0 aliphatic heterocycles. The summed E-state index contributed by atoms with van der Waals surface area (Å²) in [6, 6.07) is 19.2. The number of nitriles is 1. The molecule has 2 aromatic heterocycles. The van der Waals surface area contributed by atoms with Gasteiger partial charge in [-0.3, -0.25) is 4.79 Å². The predicted octanol–water partition coefficient (Wildman–Crippen LogP) is 6.27. The van der Waals surface area contributed by atoms with E-state index in [0.29, 0.717) is 37.6 Å². The summed E-state index contributed by atoms with van der Waals surface area (Å²) in [5, 5.41) is 13.6. The number of rotatable bonds is 5. The summed E-state index contributed by atoms with van der Waals surface area (Å²) >= 11 is 1.05. The molecule has 1 amide bonds. The number of carbonyl (C=O) groups is 2. The number of para-hydroxylation sites is 1. The first-order chi connectivity index (χ1) is 16.3. The van der Waals surface area contributed by atoms with E-state index in [9.17, 15) is 14.9 Å². The number of pyridine rings is 1. The van der Waals surface area contributed by atoms with Gasteiger partial charge in [0, 0.05) is 10.9 Å². The highest BCUT2D eigenvalue weighted by Crippen LogP contribution is 2.34. The molecule has 6 nitrogen and oxygen atoms in total. The molecule has 2 aromatic carbocycles. The van der Waals surface area contributed by atoms with Gasteiger partial charge in [0.1, 0.15) is 15.9 Å². The predicted molar refractivity (Wildman–Crippen MR) is 134 cm³/mol. The molecule has 4 aromatic rings. The molecule has 0 fully saturated rings. The fourth-order valence-electron chi connectivity index (χ4n) is 3.60.